The molecule has 0 N–H and O–H groups in total. The zero-order chi connectivity index (χ0) is 26.5. The van der Waals surface area contributed by atoms with Crippen LogP contribution < -0.4 is 9.47 Å². The van der Waals surface area contributed by atoms with Gasteiger partial charge in [0.25, 0.3) is 11.1 Å². The number of esters is 1. The van der Waals surface area contributed by atoms with E-state index in [1.54, 1.807) is 30.0 Å². The molecule has 2 aromatic carbocycles. The number of carbonyl (C=O) groups excluding carboxylic acids is 4. The Hall–Kier alpha value is -3.05. The van der Waals surface area contributed by atoms with E-state index in [1.165, 1.54) is 24.3 Å². The first kappa shape index (κ1) is 27.0. The van der Waals surface area contributed by atoms with E-state index >= 15 is 0 Å². The van der Waals surface area contributed by atoms with Crippen LogP contribution in [0.5, 0.6) is 11.5 Å². The van der Waals surface area contributed by atoms with Gasteiger partial charge in [-0.15, -0.1) is 0 Å². The molecule has 12 heteroatoms. The number of morpholine rings is 1. The summed E-state index contributed by atoms with van der Waals surface area (Å²) in [5.41, 5.74) is 0.600. The first-order valence-corrected chi connectivity index (χ1v) is 12.9. The maximum atomic E-state index is 12.9. The Kier molecular flexibility index (Phi) is 8.75. The van der Waals surface area contributed by atoms with Gasteiger partial charge in [-0.25, -0.2) is 4.79 Å². The van der Waals surface area contributed by atoms with E-state index in [0.717, 1.165) is 16.7 Å². The van der Waals surface area contributed by atoms with Crippen molar-refractivity contribution in [1.82, 2.24) is 9.80 Å². The van der Waals surface area contributed by atoms with Crippen molar-refractivity contribution in [1.29, 1.82) is 0 Å². The molecule has 37 heavy (non-hydrogen) atoms. The fourth-order valence-corrected chi connectivity index (χ4v) is 4.95. The molecular weight excluding hydrogens is 543 g/mol. The molecule has 0 unspecified atom stereocenters. The number of amides is 3. The molecule has 0 aromatic heterocycles. The number of benzene rings is 2. The predicted molar refractivity (Wildman–Crippen MR) is 139 cm³/mol. The van der Waals surface area contributed by atoms with Crippen LogP contribution in [0.15, 0.2) is 41.3 Å². The predicted octanol–water partition coefficient (Wildman–Crippen LogP) is 4.51. The summed E-state index contributed by atoms with van der Waals surface area (Å²) < 4.78 is 16.3. The number of nitrogens with zero attached hydrogens (tertiary/aromatic N) is 2. The molecule has 194 valence electrons. The number of imide groups is 1. The summed E-state index contributed by atoms with van der Waals surface area (Å²) in [6.45, 7) is 3.31. The standard InChI is InChI=1S/C25H22Cl2N2O7S/c1-2-35-19-12-15(11-18(27)22(19)36-24(32)16-5-3-4-6-17(16)26)13-20-23(31)29(25(33)37-20)14-21(30)28-7-9-34-10-8-28/h3-6,11-13H,2,7-10,14H2,1H3/b20-13-. The number of ether oxygens (including phenoxy) is 3. The van der Waals surface area contributed by atoms with Gasteiger partial charge < -0.3 is 19.1 Å². The highest BCUT2D eigenvalue weighted by atomic mass is 35.5. The fraction of sp³-hybridized carbons (Fsp3) is 0.280. The minimum absolute atomic E-state index is 0.00482. The Morgan fingerprint density at radius 1 is 1.11 bits per heavy atom. The van der Waals surface area contributed by atoms with E-state index in [0.29, 0.717) is 31.9 Å². The lowest BCUT2D eigenvalue weighted by Gasteiger charge is -2.28. The van der Waals surface area contributed by atoms with Crippen LogP contribution in [0.2, 0.25) is 10.0 Å². The molecule has 0 atom stereocenters. The summed E-state index contributed by atoms with van der Waals surface area (Å²) in [7, 11) is 0. The molecule has 2 aromatic rings. The quantitative estimate of drug-likeness (QED) is 0.275. The number of carbonyl (C=O) groups is 4. The van der Waals surface area contributed by atoms with Crippen molar-refractivity contribution in [3.8, 4) is 11.5 Å². The summed E-state index contributed by atoms with van der Waals surface area (Å²) in [5, 5.41) is -0.264. The molecule has 0 radical (unpaired) electrons. The molecule has 2 saturated heterocycles. The molecular formula is C25H22Cl2N2O7S. The molecule has 0 saturated carbocycles. The van der Waals surface area contributed by atoms with Gasteiger partial charge >= 0.3 is 5.97 Å². The Morgan fingerprint density at radius 2 is 1.84 bits per heavy atom. The highest BCUT2D eigenvalue weighted by Crippen LogP contribution is 2.40. The minimum atomic E-state index is -0.716. The maximum Gasteiger partial charge on any atom is 0.345 e. The molecule has 2 fully saturated rings. The number of hydrogen-bond acceptors (Lipinski definition) is 8. The van der Waals surface area contributed by atoms with Gasteiger partial charge in [0.05, 0.1) is 40.3 Å². The van der Waals surface area contributed by atoms with E-state index in [-0.39, 0.29) is 51.1 Å². The molecule has 4 rings (SSSR count). The lowest BCUT2D eigenvalue weighted by molar-refractivity contribution is -0.139. The van der Waals surface area contributed by atoms with Crippen molar-refractivity contribution in [2.75, 3.05) is 39.5 Å². The Bertz CT molecular complexity index is 1280. The average molecular weight is 565 g/mol. The summed E-state index contributed by atoms with van der Waals surface area (Å²) in [6, 6.07) is 9.44. The molecule has 9 nitrogen and oxygen atoms in total. The van der Waals surface area contributed by atoms with Crippen molar-refractivity contribution in [2.24, 2.45) is 0 Å². The van der Waals surface area contributed by atoms with Crippen molar-refractivity contribution in [2.45, 2.75) is 6.92 Å². The monoisotopic (exact) mass is 564 g/mol. The zero-order valence-electron chi connectivity index (χ0n) is 19.7. The van der Waals surface area contributed by atoms with Crippen LogP contribution in [0.1, 0.15) is 22.8 Å². The minimum Gasteiger partial charge on any atom is -0.490 e. The van der Waals surface area contributed by atoms with Crippen molar-refractivity contribution < 1.29 is 33.4 Å². The van der Waals surface area contributed by atoms with Gasteiger partial charge in [-0.05, 0) is 54.6 Å². The number of halogens is 2. The van der Waals surface area contributed by atoms with Gasteiger partial charge in [-0.2, -0.15) is 0 Å². The van der Waals surface area contributed by atoms with Crippen LogP contribution in [0.3, 0.4) is 0 Å². The van der Waals surface area contributed by atoms with E-state index in [1.807, 2.05) is 0 Å². The average Bonchev–Trinajstić information content (AvgIpc) is 3.14. The van der Waals surface area contributed by atoms with Crippen LogP contribution in [-0.2, 0) is 14.3 Å². The Morgan fingerprint density at radius 3 is 2.54 bits per heavy atom. The van der Waals surface area contributed by atoms with Gasteiger partial charge in [0.15, 0.2) is 11.5 Å². The number of hydrogen-bond donors (Lipinski definition) is 0. The van der Waals surface area contributed by atoms with Gasteiger partial charge in [-0.3, -0.25) is 19.3 Å². The largest absolute Gasteiger partial charge is 0.490 e. The third kappa shape index (κ3) is 6.27. The van der Waals surface area contributed by atoms with Crippen molar-refractivity contribution in [3.63, 3.8) is 0 Å². The summed E-state index contributed by atoms with van der Waals surface area (Å²) >= 11 is 13.2. The SMILES string of the molecule is CCOc1cc(/C=C2\SC(=O)N(CC(=O)N3CCOCC3)C2=O)cc(Cl)c1OC(=O)c1ccccc1Cl. The summed E-state index contributed by atoms with van der Waals surface area (Å²) in [6.07, 6.45) is 1.47. The third-order valence-electron chi connectivity index (χ3n) is 5.45. The number of rotatable bonds is 7. The summed E-state index contributed by atoms with van der Waals surface area (Å²) in [5.74, 6) is -1.46. The van der Waals surface area contributed by atoms with Crippen molar-refractivity contribution in [3.05, 3.63) is 62.5 Å². The highest BCUT2D eigenvalue weighted by molar-refractivity contribution is 8.18. The first-order valence-electron chi connectivity index (χ1n) is 11.3. The molecule has 2 heterocycles. The summed E-state index contributed by atoms with van der Waals surface area (Å²) in [4.78, 5) is 53.2. The molecule has 2 aliphatic heterocycles. The second kappa shape index (κ2) is 12.0. The topological polar surface area (TPSA) is 102 Å². The van der Waals surface area contributed by atoms with Gasteiger partial charge in [0.2, 0.25) is 5.91 Å². The van der Waals surface area contributed by atoms with Gasteiger partial charge in [-0.1, -0.05) is 35.3 Å². The second-order valence-electron chi connectivity index (χ2n) is 7.89. The lowest BCUT2D eigenvalue weighted by Crippen LogP contribution is -2.46. The molecule has 0 bridgehead atoms. The molecule has 0 aliphatic carbocycles. The Labute approximate surface area is 227 Å². The van der Waals surface area contributed by atoms with Crippen LogP contribution in [-0.4, -0.2) is 72.3 Å². The highest BCUT2D eigenvalue weighted by Gasteiger charge is 2.37. The van der Waals surface area contributed by atoms with E-state index in [9.17, 15) is 19.2 Å². The van der Waals surface area contributed by atoms with Crippen LogP contribution in [0.25, 0.3) is 6.08 Å². The van der Waals surface area contributed by atoms with Gasteiger partial charge in [0.1, 0.15) is 6.54 Å². The third-order valence-corrected chi connectivity index (χ3v) is 6.97. The lowest BCUT2D eigenvalue weighted by atomic mass is 10.1. The van der Waals surface area contributed by atoms with E-state index in [2.05, 4.69) is 0 Å². The number of thioether (sulfide) groups is 1. The second-order valence-corrected chi connectivity index (χ2v) is 9.70. The first-order chi connectivity index (χ1) is 17.8. The maximum absolute atomic E-state index is 12.9. The van der Waals surface area contributed by atoms with Crippen molar-refractivity contribution >= 4 is 64.1 Å². The Balaban J connectivity index is 1.54. The van der Waals surface area contributed by atoms with Crippen LogP contribution in [0, 0.1) is 0 Å². The van der Waals surface area contributed by atoms with E-state index < -0.39 is 17.1 Å². The normalized spacial score (nSPS) is 16.9. The zero-order valence-corrected chi connectivity index (χ0v) is 22.0. The van der Waals surface area contributed by atoms with E-state index in [4.69, 9.17) is 37.4 Å². The smallest absolute Gasteiger partial charge is 0.345 e. The molecule has 3 amide bonds. The molecule has 2 aliphatic rings. The fourth-order valence-electron chi connectivity index (χ4n) is 3.64. The van der Waals surface area contributed by atoms with Crippen LogP contribution >= 0.6 is 35.0 Å². The molecule has 0 spiro atoms. The van der Waals surface area contributed by atoms with Crippen LogP contribution in [0.4, 0.5) is 4.79 Å². The van der Waals surface area contributed by atoms with Gasteiger partial charge in [0, 0.05) is 13.1 Å².